The van der Waals surface area contributed by atoms with Gasteiger partial charge in [-0.25, -0.2) is 0 Å². The Kier molecular flexibility index (Phi) is 3.47. The predicted octanol–water partition coefficient (Wildman–Crippen LogP) is 2.18. The second kappa shape index (κ2) is 5.27. The number of carbonyl (C=O) groups is 2. The molecule has 0 heterocycles. The molecule has 3 rings (SSSR count). The van der Waals surface area contributed by atoms with Crippen molar-refractivity contribution in [3.8, 4) is 0 Å². The highest BCUT2D eigenvalue weighted by molar-refractivity contribution is 5.89. The molecular weight excluding hydrogens is 254 g/mol. The van der Waals surface area contributed by atoms with Gasteiger partial charge >= 0.3 is 5.97 Å². The second-order valence-corrected chi connectivity index (χ2v) is 5.75. The summed E-state index contributed by atoms with van der Waals surface area (Å²) in [5.41, 5.74) is 2.29. The third-order valence-corrected chi connectivity index (χ3v) is 4.51. The average Bonchev–Trinajstić information content (AvgIpc) is 2.90. The van der Waals surface area contributed by atoms with Gasteiger partial charge in [0, 0.05) is 6.04 Å². The minimum absolute atomic E-state index is 0.00185. The van der Waals surface area contributed by atoms with E-state index in [1.165, 1.54) is 5.56 Å². The van der Waals surface area contributed by atoms with E-state index in [4.69, 9.17) is 5.11 Å². The minimum Gasteiger partial charge on any atom is -0.480 e. The third kappa shape index (κ3) is 2.30. The van der Waals surface area contributed by atoms with E-state index in [0.717, 1.165) is 37.7 Å². The summed E-state index contributed by atoms with van der Waals surface area (Å²) in [7, 11) is 0. The summed E-state index contributed by atoms with van der Waals surface area (Å²) in [4.78, 5) is 25.3. The standard InChI is InChI=1S/C16H19NO3/c18-15(19)10-17(12-6-2-3-7-12)16(20)14-9-11-5-1-4-8-13(11)14/h1,4-5,8,12,14H,2-3,6-7,9-10H2,(H,18,19). The zero-order valence-electron chi connectivity index (χ0n) is 11.4. The first-order chi connectivity index (χ1) is 9.66. The lowest BCUT2D eigenvalue weighted by Gasteiger charge is -2.36. The lowest BCUT2D eigenvalue weighted by molar-refractivity contribution is -0.147. The molecule has 1 amide bonds. The molecule has 0 radical (unpaired) electrons. The summed E-state index contributed by atoms with van der Waals surface area (Å²) < 4.78 is 0. The van der Waals surface area contributed by atoms with Crippen LogP contribution in [0.15, 0.2) is 24.3 Å². The number of nitrogens with zero attached hydrogens (tertiary/aromatic N) is 1. The molecule has 4 heteroatoms. The first-order valence-corrected chi connectivity index (χ1v) is 7.27. The van der Waals surface area contributed by atoms with Gasteiger partial charge in [0.15, 0.2) is 0 Å². The molecule has 1 atom stereocenters. The van der Waals surface area contributed by atoms with Gasteiger partial charge in [0.25, 0.3) is 0 Å². The van der Waals surface area contributed by atoms with Crippen molar-refractivity contribution in [3.05, 3.63) is 35.4 Å². The molecule has 1 saturated carbocycles. The van der Waals surface area contributed by atoms with E-state index in [-0.39, 0.29) is 24.4 Å². The molecule has 4 nitrogen and oxygen atoms in total. The van der Waals surface area contributed by atoms with Crippen LogP contribution >= 0.6 is 0 Å². The Morgan fingerprint density at radius 3 is 2.55 bits per heavy atom. The Labute approximate surface area is 118 Å². The van der Waals surface area contributed by atoms with Crippen LogP contribution in [0.4, 0.5) is 0 Å². The van der Waals surface area contributed by atoms with Gasteiger partial charge in [-0.3, -0.25) is 9.59 Å². The molecule has 2 aliphatic carbocycles. The lowest BCUT2D eigenvalue weighted by Crippen LogP contribution is -2.46. The molecule has 1 aromatic carbocycles. The van der Waals surface area contributed by atoms with Gasteiger partial charge in [0.05, 0.1) is 5.92 Å². The second-order valence-electron chi connectivity index (χ2n) is 5.75. The number of aliphatic carboxylic acids is 1. The molecular formula is C16H19NO3. The number of carboxylic acids is 1. The minimum atomic E-state index is -0.919. The Bertz CT molecular complexity index is 534. The van der Waals surface area contributed by atoms with E-state index in [2.05, 4.69) is 0 Å². The number of rotatable bonds is 4. The molecule has 0 saturated heterocycles. The molecule has 0 spiro atoms. The predicted molar refractivity (Wildman–Crippen MR) is 74.5 cm³/mol. The van der Waals surface area contributed by atoms with Crippen molar-refractivity contribution >= 4 is 11.9 Å². The Balaban J connectivity index is 1.78. The van der Waals surface area contributed by atoms with Crippen molar-refractivity contribution < 1.29 is 14.7 Å². The van der Waals surface area contributed by atoms with Crippen LogP contribution in [0, 0.1) is 0 Å². The van der Waals surface area contributed by atoms with Crippen molar-refractivity contribution in [1.29, 1.82) is 0 Å². The Morgan fingerprint density at radius 2 is 1.90 bits per heavy atom. The van der Waals surface area contributed by atoms with Crippen LogP contribution in [-0.2, 0) is 16.0 Å². The largest absolute Gasteiger partial charge is 0.480 e. The highest BCUT2D eigenvalue weighted by Crippen LogP contribution is 2.37. The molecule has 1 N–H and O–H groups in total. The van der Waals surface area contributed by atoms with Crippen LogP contribution < -0.4 is 0 Å². The molecule has 0 aliphatic heterocycles. The van der Waals surface area contributed by atoms with Gasteiger partial charge in [-0.05, 0) is 30.4 Å². The van der Waals surface area contributed by atoms with Crippen molar-refractivity contribution in [2.24, 2.45) is 0 Å². The Morgan fingerprint density at radius 1 is 1.20 bits per heavy atom. The van der Waals surface area contributed by atoms with Crippen LogP contribution in [0.5, 0.6) is 0 Å². The average molecular weight is 273 g/mol. The van der Waals surface area contributed by atoms with Gasteiger partial charge in [-0.15, -0.1) is 0 Å². The summed E-state index contributed by atoms with van der Waals surface area (Å²) in [6.45, 7) is -0.165. The highest BCUT2D eigenvalue weighted by Gasteiger charge is 2.38. The molecule has 1 fully saturated rings. The molecule has 106 valence electrons. The number of carbonyl (C=O) groups excluding carboxylic acids is 1. The van der Waals surface area contributed by atoms with Crippen LogP contribution in [0.2, 0.25) is 0 Å². The first-order valence-electron chi connectivity index (χ1n) is 7.27. The maximum Gasteiger partial charge on any atom is 0.323 e. The number of amides is 1. The van der Waals surface area contributed by atoms with Gasteiger partial charge in [0.1, 0.15) is 6.54 Å². The fraction of sp³-hybridized carbons (Fsp3) is 0.500. The fourth-order valence-corrected chi connectivity index (χ4v) is 3.43. The monoisotopic (exact) mass is 273 g/mol. The van der Waals surface area contributed by atoms with Crippen molar-refractivity contribution in [2.75, 3.05) is 6.54 Å². The van der Waals surface area contributed by atoms with E-state index < -0.39 is 5.97 Å². The smallest absolute Gasteiger partial charge is 0.323 e. The number of benzene rings is 1. The Hall–Kier alpha value is -1.84. The van der Waals surface area contributed by atoms with Crippen LogP contribution in [0.25, 0.3) is 0 Å². The number of hydrogen-bond acceptors (Lipinski definition) is 2. The van der Waals surface area contributed by atoms with Crippen molar-refractivity contribution in [3.63, 3.8) is 0 Å². The maximum atomic E-state index is 12.7. The van der Waals surface area contributed by atoms with Crippen molar-refractivity contribution in [1.82, 2.24) is 4.90 Å². The summed E-state index contributed by atoms with van der Waals surface area (Å²) in [5.74, 6) is -1.05. The van der Waals surface area contributed by atoms with Gasteiger partial charge in [-0.2, -0.15) is 0 Å². The van der Waals surface area contributed by atoms with Crippen LogP contribution in [-0.4, -0.2) is 34.5 Å². The molecule has 1 unspecified atom stereocenters. The maximum absolute atomic E-state index is 12.7. The topological polar surface area (TPSA) is 57.6 Å². The molecule has 2 aliphatic rings. The summed E-state index contributed by atoms with van der Waals surface area (Å²) in [5, 5.41) is 9.07. The summed E-state index contributed by atoms with van der Waals surface area (Å²) >= 11 is 0. The van der Waals surface area contributed by atoms with Crippen LogP contribution in [0.1, 0.15) is 42.7 Å². The normalized spacial score (nSPS) is 21.1. The number of hydrogen-bond donors (Lipinski definition) is 1. The molecule has 20 heavy (non-hydrogen) atoms. The lowest BCUT2D eigenvalue weighted by atomic mass is 9.76. The third-order valence-electron chi connectivity index (χ3n) is 4.51. The van der Waals surface area contributed by atoms with Crippen molar-refractivity contribution in [2.45, 2.75) is 44.1 Å². The molecule has 1 aromatic rings. The SMILES string of the molecule is O=C(O)CN(C(=O)C1Cc2ccccc21)C1CCCC1. The van der Waals surface area contributed by atoms with E-state index >= 15 is 0 Å². The number of carboxylic acid groups (broad SMARTS) is 1. The number of fused-ring (bicyclic) bond motifs is 1. The first kappa shape index (κ1) is 13.2. The van der Waals surface area contributed by atoms with Gasteiger partial charge in [-0.1, -0.05) is 37.1 Å². The highest BCUT2D eigenvalue weighted by atomic mass is 16.4. The quantitative estimate of drug-likeness (QED) is 0.914. The van der Waals surface area contributed by atoms with E-state index in [1.807, 2.05) is 24.3 Å². The summed E-state index contributed by atoms with van der Waals surface area (Å²) in [6.07, 6.45) is 4.81. The fourth-order valence-electron chi connectivity index (χ4n) is 3.43. The zero-order valence-corrected chi connectivity index (χ0v) is 11.4. The molecule has 0 aromatic heterocycles. The van der Waals surface area contributed by atoms with E-state index in [1.54, 1.807) is 4.90 Å². The van der Waals surface area contributed by atoms with E-state index in [0.29, 0.717) is 0 Å². The molecule has 0 bridgehead atoms. The van der Waals surface area contributed by atoms with E-state index in [9.17, 15) is 9.59 Å². The van der Waals surface area contributed by atoms with Gasteiger partial charge < -0.3 is 10.0 Å². The van der Waals surface area contributed by atoms with Gasteiger partial charge in [0.2, 0.25) is 5.91 Å². The summed E-state index contributed by atoms with van der Waals surface area (Å²) in [6, 6.07) is 8.05. The van der Waals surface area contributed by atoms with Crippen LogP contribution in [0.3, 0.4) is 0 Å². The zero-order chi connectivity index (χ0) is 14.1.